The number of hydrogen-bond acceptors (Lipinski definition) is 8. The number of nitrogens with zero attached hydrogens (tertiary/aromatic N) is 6. The zero-order chi connectivity index (χ0) is 33.8. The number of aromatic nitrogens is 2. The Labute approximate surface area is 302 Å². The Balaban J connectivity index is 0.909. The first kappa shape index (κ1) is 34.1. The Kier molecular flexibility index (Phi) is 10.6. The van der Waals surface area contributed by atoms with Crippen LogP contribution >= 0.6 is 35.0 Å². The molecular formula is C37H42Cl2N6O3S. The summed E-state index contributed by atoms with van der Waals surface area (Å²) in [6.07, 6.45) is 5.04. The zero-order valence-electron chi connectivity index (χ0n) is 27.9. The molecule has 3 fully saturated rings. The number of rotatable bonds is 11. The van der Waals surface area contributed by atoms with E-state index in [0.717, 1.165) is 67.2 Å². The summed E-state index contributed by atoms with van der Waals surface area (Å²) in [5.41, 5.74) is 4.18. The molecule has 2 unspecified atom stereocenters. The molecule has 12 heteroatoms. The summed E-state index contributed by atoms with van der Waals surface area (Å²) < 4.78 is 20.9. The van der Waals surface area contributed by atoms with Gasteiger partial charge in [0, 0.05) is 79.4 Å². The number of aliphatic imine (C=N–C) groups is 1. The molecule has 3 saturated heterocycles. The molecule has 4 aromatic rings. The second-order valence-corrected chi connectivity index (χ2v) is 14.9. The van der Waals surface area contributed by atoms with E-state index >= 15 is 0 Å². The van der Waals surface area contributed by atoms with Gasteiger partial charge in [0.15, 0.2) is 5.17 Å². The fraction of sp³-hybridized carbons (Fsp3) is 0.405. The number of ether oxygens (including phenoxy) is 3. The van der Waals surface area contributed by atoms with Gasteiger partial charge < -0.3 is 33.5 Å². The molecule has 9 nitrogen and oxygen atoms in total. The molecule has 0 saturated carbocycles. The third kappa shape index (κ3) is 8.15. The maximum Gasteiger partial charge on any atom is 0.215 e. The van der Waals surface area contributed by atoms with Crippen LogP contribution in [-0.4, -0.2) is 84.0 Å². The average Bonchev–Trinajstić information content (AvgIpc) is 3.87. The SMILES string of the molecule is CC(C)CN1CCS/C1=N\c1ccc(N2CCN(c3ccc(OCC4COC(Cn5ccnc5)(c5ccc(Cl)cc5Cl)O4)cc3)CC2)cc1. The molecule has 49 heavy (non-hydrogen) atoms. The molecule has 3 aromatic carbocycles. The maximum atomic E-state index is 6.61. The molecule has 4 heterocycles. The van der Waals surface area contributed by atoms with Crippen LogP contribution in [0.3, 0.4) is 0 Å². The number of benzene rings is 3. The normalized spacial score (nSPS) is 22.1. The molecule has 3 aliphatic heterocycles. The third-order valence-electron chi connectivity index (χ3n) is 8.96. The van der Waals surface area contributed by atoms with E-state index in [2.05, 4.69) is 69.9 Å². The van der Waals surface area contributed by atoms with Crippen molar-refractivity contribution in [1.29, 1.82) is 0 Å². The van der Waals surface area contributed by atoms with Gasteiger partial charge in [0.05, 0.1) is 30.2 Å². The van der Waals surface area contributed by atoms with Crippen molar-refractivity contribution in [1.82, 2.24) is 14.5 Å². The van der Waals surface area contributed by atoms with E-state index in [1.165, 1.54) is 11.4 Å². The highest BCUT2D eigenvalue weighted by Crippen LogP contribution is 2.40. The monoisotopic (exact) mass is 720 g/mol. The largest absolute Gasteiger partial charge is 0.491 e. The standard InChI is InChI=1S/C37H42Cl2N6O3S/c1-27(2)22-45-19-20-49-36(45)41-29-4-6-30(7-5-29)43-15-17-44(18-16-43)31-8-10-32(11-9-31)46-23-33-24-47-37(48-33,25-42-14-13-40-26-42)34-12-3-28(38)21-35(34)39/h3-14,21,26-27,33H,15-20,22-25H2,1-2H3/b41-36-. The lowest BCUT2D eigenvalue weighted by Crippen LogP contribution is -2.46. The number of halogens is 2. The lowest BCUT2D eigenvalue weighted by Gasteiger charge is -2.37. The predicted octanol–water partition coefficient (Wildman–Crippen LogP) is 7.56. The van der Waals surface area contributed by atoms with Crippen LogP contribution in [0, 0.1) is 5.92 Å². The summed E-state index contributed by atoms with van der Waals surface area (Å²) in [6.45, 7) is 11.6. The summed E-state index contributed by atoms with van der Waals surface area (Å²) >= 11 is 14.6. The van der Waals surface area contributed by atoms with E-state index in [4.69, 9.17) is 42.4 Å². The van der Waals surface area contributed by atoms with Gasteiger partial charge in [-0.1, -0.05) is 54.9 Å². The van der Waals surface area contributed by atoms with Crippen LogP contribution in [0.5, 0.6) is 5.75 Å². The van der Waals surface area contributed by atoms with E-state index in [9.17, 15) is 0 Å². The first-order chi connectivity index (χ1) is 23.8. The van der Waals surface area contributed by atoms with Gasteiger partial charge in [-0.05, 0) is 66.6 Å². The van der Waals surface area contributed by atoms with Gasteiger partial charge in [-0.15, -0.1) is 0 Å². The van der Waals surface area contributed by atoms with Crippen molar-refractivity contribution in [3.63, 3.8) is 0 Å². The molecule has 7 rings (SSSR count). The molecule has 258 valence electrons. The highest BCUT2D eigenvalue weighted by molar-refractivity contribution is 8.14. The highest BCUT2D eigenvalue weighted by atomic mass is 35.5. The smallest absolute Gasteiger partial charge is 0.215 e. The fourth-order valence-corrected chi connectivity index (χ4v) is 8.10. The quantitative estimate of drug-likeness (QED) is 0.157. The average molecular weight is 722 g/mol. The van der Waals surface area contributed by atoms with Crippen LogP contribution in [-0.2, 0) is 21.8 Å². The molecule has 0 N–H and O–H groups in total. The Morgan fingerprint density at radius 2 is 1.67 bits per heavy atom. The summed E-state index contributed by atoms with van der Waals surface area (Å²) in [7, 11) is 0. The molecule has 2 atom stereocenters. The van der Waals surface area contributed by atoms with Crippen molar-refractivity contribution >= 4 is 57.2 Å². The van der Waals surface area contributed by atoms with Crippen molar-refractivity contribution in [2.24, 2.45) is 10.9 Å². The van der Waals surface area contributed by atoms with Gasteiger partial charge in [0.25, 0.3) is 0 Å². The molecule has 1 aromatic heterocycles. The van der Waals surface area contributed by atoms with Crippen LogP contribution in [0.15, 0.2) is 90.4 Å². The molecule has 3 aliphatic rings. The zero-order valence-corrected chi connectivity index (χ0v) is 30.2. The first-order valence-electron chi connectivity index (χ1n) is 16.9. The number of piperazine rings is 1. The Morgan fingerprint density at radius 3 is 2.33 bits per heavy atom. The Morgan fingerprint density at radius 1 is 0.959 bits per heavy atom. The molecule has 0 spiro atoms. The van der Waals surface area contributed by atoms with Crippen molar-refractivity contribution in [3.8, 4) is 5.75 Å². The van der Waals surface area contributed by atoms with Gasteiger partial charge in [-0.3, -0.25) is 0 Å². The summed E-state index contributed by atoms with van der Waals surface area (Å²) in [6, 6.07) is 22.4. The van der Waals surface area contributed by atoms with Crippen molar-refractivity contribution in [2.45, 2.75) is 32.3 Å². The lowest BCUT2D eigenvalue weighted by atomic mass is 10.1. The number of anilines is 2. The summed E-state index contributed by atoms with van der Waals surface area (Å²) in [5.74, 6) is 1.45. The molecule has 0 amide bonds. The van der Waals surface area contributed by atoms with E-state index in [0.29, 0.717) is 35.7 Å². The first-order valence-corrected chi connectivity index (χ1v) is 18.6. The number of amidine groups is 1. The minimum atomic E-state index is -1.08. The van der Waals surface area contributed by atoms with Crippen LogP contribution in [0.4, 0.5) is 17.1 Å². The van der Waals surface area contributed by atoms with Gasteiger partial charge in [-0.25, -0.2) is 9.98 Å². The number of thioether (sulfide) groups is 1. The van der Waals surface area contributed by atoms with E-state index in [1.807, 2.05) is 40.7 Å². The minimum absolute atomic E-state index is 0.286. The van der Waals surface area contributed by atoms with Crippen molar-refractivity contribution < 1.29 is 14.2 Å². The Bertz CT molecular complexity index is 1720. The summed E-state index contributed by atoms with van der Waals surface area (Å²) in [4.78, 5) is 16.4. The van der Waals surface area contributed by atoms with Crippen LogP contribution in [0.2, 0.25) is 10.0 Å². The predicted molar refractivity (Wildman–Crippen MR) is 200 cm³/mol. The molecule has 0 bridgehead atoms. The van der Waals surface area contributed by atoms with Crippen LogP contribution in [0.1, 0.15) is 19.4 Å². The highest BCUT2D eigenvalue weighted by Gasteiger charge is 2.45. The number of hydrogen-bond donors (Lipinski definition) is 0. The van der Waals surface area contributed by atoms with Crippen LogP contribution in [0.25, 0.3) is 0 Å². The van der Waals surface area contributed by atoms with E-state index in [-0.39, 0.29) is 6.10 Å². The fourth-order valence-electron chi connectivity index (χ4n) is 6.54. The molecular weight excluding hydrogens is 679 g/mol. The summed E-state index contributed by atoms with van der Waals surface area (Å²) in [5, 5.41) is 2.19. The maximum absolute atomic E-state index is 6.61. The topological polar surface area (TPSA) is 67.6 Å². The third-order valence-corrected chi connectivity index (χ3v) is 10.5. The Hall–Kier alpha value is -3.41. The van der Waals surface area contributed by atoms with Crippen LogP contribution < -0.4 is 14.5 Å². The van der Waals surface area contributed by atoms with Crippen molar-refractivity contribution in [2.75, 3.05) is 68.0 Å². The lowest BCUT2D eigenvalue weighted by molar-refractivity contribution is -0.189. The van der Waals surface area contributed by atoms with E-state index in [1.54, 1.807) is 24.7 Å². The molecule has 0 radical (unpaired) electrons. The second-order valence-electron chi connectivity index (χ2n) is 13.0. The van der Waals surface area contributed by atoms with Gasteiger partial charge >= 0.3 is 0 Å². The van der Waals surface area contributed by atoms with E-state index < -0.39 is 5.79 Å². The minimum Gasteiger partial charge on any atom is -0.491 e. The number of imidazole rings is 1. The van der Waals surface area contributed by atoms with Gasteiger partial charge in [0.1, 0.15) is 18.5 Å². The second kappa shape index (κ2) is 15.2. The van der Waals surface area contributed by atoms with Gasteiger partial charge in [-0.2, -0.15) is 0 Å². The van der Waals surface area contributed by atoms with Gasteiger partial charge in [0.2, 0.25) is 5.79 Å². The molecule has 0 aliphatic carbocycles. The van der Waals surface area contributed by atoms with Crippen molar-refractivity contribution in [3.05, 3.63) is 101 Å².